The van der Waals surface area contributed by atoms with Gasteiger partial charge in [-0.25, -0.2) is 0 Å². The standard InChI is InChI=1S/C42H72O13/c1-20(2)11-10-14-42(9,51)22-12-16-40(7)28(22)23(44)17-26-39(6)15-13-27(45)38(4,5)35(39)24(18-41(26,40)8)53-37-34(32(49)30(47)25(19-43)54-37)55-36-33(50)31(48)29(46)21(3)52-36/h11,21-37,43-51H,10,12-19H2,1-9H3/t21-,22-,23+,24-,25+,26+,27-,28?,29-,30+,31+,32-,33+,34+,35-,36-,37+,39+,40+,41+,42+/m0/s1. The third-order valence-electron chi connectivity index (χ3n) is 16.5. The highest BCUT2D eigenvalue weighted by atomic mass is 16.8. The average Bonchev–Trinajstić information content (AvgIpc) is 3.49. The van der Waals surface area contributed by atoms with Gasteiger partial charge >= 0.3 is 0 Å². The van der Waals surface area contributed by atoms with Crippen molar-refractivity contribution < 1.29 is 64.9 Å². The third kappa shape index (κ3) is 7.10. The van der Waals surface area contributed by atoms with Crippen molar-refractivity contribution in [3.63, 3.8) is 0 Å². The Morgan fingerprint density at radius 2 is 1.49 bits per heavy atom. The van der Waals surface area contributed by atoms with Crippen LogP contribution in [0.5, 0.6) is 0 Å². The molecule has 6 rings (SSSR count). The molecule has 2 saturated heterocycles. The molecule has 0 aromatic carbocycles. The largest absolute Gasteiger partial charge is 0.394 e. The van der Waals surface area contributed by atoms with E-state index in [0.29, 0.717) is 32.1 Å². The molecule has 13 nitrogen and oxygen atoms in total. The molecule has 4 saturated carbocycles. The summed E-state index contributed by atoms with van der Waals surface area (Å²) in [6.07, 6.45) is -8.99. The number of fused-ring (bicyclic) bond motifs is 5. The van der Waals surface area contributed by atoms with Crippen LogP contribution in [-0.2, 0) is 18.9 Å². The van der Waals surface area contributed by atoms with Crippen LogP contribution in [0.4, 0.5) is 0 Å². The Kier molecular flexibility index (Phi) is 12.2. The van der Waals surface area contributed by atoms with E-state index in [9.17, 15) is 46.0 Å². The monoisotopic (exact) mass is 784 g/mol. The molecule has 13 heteroatoms. The summed E-state index contributed by atoms with van der Waals surface area (Å²) in [6, 6.07) is 0. The molecule has 2 aliphatic heterocycles. The van der Waals surface area contributed by atoms with Crippen molar-refractivity contribution in [3.05, 3.63) is 11.6 Å². The lowest BCUT2D eigenvalue weighted by molar-refractivity contribution is -0.382. The highest BCUT2D eigenvalue weighted by molar-refractivity contribution is 5.22. The van der Waals surface area contributed by atoms with Crippen LogP contribution < -0.4 is 0 Å². The minimum absolute atomic E-state index is 0.0411. The molecular formula is C42H72O13. The zero-order valence-electron chi connectivity index (χ0n) is 34.4. The van der Waals surface area contributed by atoms with Crippen molar-refractivity contribution in [2.45, 2.75) is 199 Å². The Hall–Kier alpha value is -0.780. The van der Waals surface area contributed by atoms with E-state index in [1.807, 2.05) is 20.8 Å². The average molecular weight is 785 g/mol. The lowest BCUT2D eigenvalue weighted by Crippen LogP contribution is -2.71. The fourth-order valence-electron chi connectivity index (χ4n) is 13.3. The van der Waals surface area contributed by atoms with Gasteiger partial charge in [-0.05, 0) is 124 Å². The van der Waals surface area contributed by atoms with Crippen LogP contribution in [0.3, 0.4) is 0 Å². The zero-order valence-corrected chi connectivity index (χ0v) is 34.4. The van der Waals surface area contributed by atoms with Crippen LogP contribution in [0.25, 0.3) is 0 Å². The number of aliphatic hydroxyl groups excluding tert-OH is 8. The predicted octanol–water partition coefficient (Wildman–Crippen LogP) is 2.15. The summed E-state index contributed by atoms with van der Waals surface area (Å²) in [6.45, 7) is 17.8. The quantitative estimate of drug-likeness (QED) is 0.121. The van der Waals surface area contributed by atoms with Crippen LogP contribution in [0.15, 0.2) is 11.6 Å². The van der Waals surface area contributed by atoms with E-state index in [-0.39, 0.29) is 23.7 Å². The maximum Gasteiger partial charge on any atom is 0.187 e. The predicted molar refractivity (Wildman–Crippen MR) is 201 cm³/mol. The van der Waals surface area contributed by atoms with Gasteiger partial charge in [0, 0.05) is 0 Å². The van der Waals surface area contributed by atoms with Crippen LogP contribution in [0.2, 0.25) is 0 Å². The summed E-state index contributed by atoms with van der Waals surface area (Å²) in [5.74, 6) is -0.526. The summed E-state index contributed by atoms with van der Waals surface area (Å²) in [7, 11) is 0. The number of hydrogen-bond acceptors (Lipinski definition) is 13. The molecule has 0 radical (unpaired) electrons. The van der Waals surface area contributed by atoms with Gasteiger partial charge in [0.05, 0.1) is 36.6 Å². The van der Waals surface area contributed by atoms with Gasteiger partial charge in [0.1, 0.15) is 42.7 Å². The summed E-state index contributed by atoms with van der Waals surface area (Å²) < 4.78 is 25.1. The van der Waals surface area contributed by atoms with Gasteiger partial charge in [0.2, 0.25) is 0 Å². The number of hydrogen-bond donors (Lipinski definition) is 9. The molecular weight excluding hydrogens is 712 g/mol. The van der Waals surface area contributed by atoms with Crippen LogP contribution in [-0.4, -0.2) is 138 Å². The number of rotatable bonds is 9. The molecule has 0 aromatic rings. The van der Waals surface area contributed by atoms with Gasteiger partial charge in [0.25, 0.3) is 0 Å². The fraction of sp³-hybridized carbons (Fsp3) is 0.952. The zero-order chi connectivity index (χ0) is 40.8. The molecule has 6 fully saturated rings. The van der Waals surface area contributed by atoms with Crippen molar-refractivity contribution in [1.82, 2.24) is 0 Å². The molecule has 318 valence electrons. The van der Waals surface area contributed by atoms with E-state index in [2.05, 4.69) is 40.7 Å². The van der Waals surface area contributed by atoms with E-state index in [4.69, 9.17) is 18.9 Å². The van der Waals surface area contributed by atoms with Gasteiger partial charge in [0.15, 0.2) is 12.6 Å². The smallest absolute Gasteiger partial charge is 0.187 e. The molecule has 21 atom stereocenters. The summed E-state index contributed by atoms with van der Waals surface area (Å²) >= 11 is 0. The van der Waals surface area contributed by atoms with Crippen molar-refractivity contribution >= 4 is 0 Å². The maximum atomic E-state index is 12.3. The Labute approximate surface area is 327 Å². The molecule has 2 heterocycles. The van der Waals surface area contributed by atoms with Crippen LogP contribution >= 0.6 is 0 Å². The van der Waals surface area contributed by atoms with Crippen LogP contribution in [0, 0.1) is 45.3 Å². The Morgan fingerprint density at radius 1 is 0.818 bits per heavy atom. The third-order valence-corrected chi connectivity index (χ3v) is 16.5. The van der Waals surface area contributed by atoms with Crippen molar-refractivity contribution in [1.29, 1.82) is 0 Å². The molecule has 0 bridgehead atoms. The molecule has 9 N–H and O–H groups in total. The second-order valence-corrected chi connectivity index (χ2v) is 20.3. The van der Waals surface area contributed by atoms with E-state index in [1.54, 1.807) is 0 Å². The van der Waals surface area contributed by atoms with Crippen molar-refractivity contribution in [2.75, 3.05) is 6.61 Å². The van der Waals surface area contributed by atoms with E-state index in [0.717, 1.165) is 19.3 Å². The van der Waals surface area contributed by atoms with E-state index >= 15 is 0 Å². The molecule has 0 amide bonds. The van der Waals surface area contributed by atoms with E-state index in [1.165, 1.54) is 12.5 Å². The van der Waals surface area contributed by atoms with Gasteiger partial charge < -0.3 is 64.9 Å². The topological polar surface area (TPSA) is 219 Å². The molecule has 6 aliphatic rings. The fourth-order valence-corrected chi connectivity index (χ4v) is 13.3. The van der Waals surface area contributed by atoms with E-state index < -0.39 is 114 Å². The van der Waals surface area contributed by atoms with Gasteiger partial charge in [-0.1, -0.05) is 46.3 Å². The Bertz CT molecular complexity index is 1390. The minimum atomic E-state index is -1.70. The van der Waals surface area contributed by atoms with Crippen molar-refractivity contribution in [2.24, 2.45) is 45.3 Å². The second kappa shape index (κ2) is 15.4. The Morgan fingerprint density at radius 3 is 2.13 bits per heavy atom. The number of aliphatic hydroxyl groups is 9. The second-order valence-electron chi connectivity index (χ2n) is 20.3. The first-order valence-corrected chi connectivity index (χ1v) is 20.8. The van der Waals surface area contributed by atoms with Crippen LogP contribution in [0.1, 0.15) is 114 Å². The first-order valence-electron chi connectivity index (χ1n) is 20.8. The molecule has 0 spiro atoms. The van der Waals surface area contributed by atoms with Crippen molar-refractivity contribution in [3.8, 4) is 0 Å². The maximum absolute atomic E-state index is 12.3. The number of allylic oxidation sites excluding steroid dienone is 2. The first kappa shape index (κ1) is 43.8. The highest BCUT2D eigenvalue weighted by Crippen LogP contribution is 2.76. The minimum Gasteiger partial charge on any atom is -0.394 e. The van der Waals surface area contributed by atoms with Gasteiger partial charge in [-0.3, -0.25) is 0 Å². The normalized spacial score (nSPS) is 53.4. The summed E-state index contributed by atoms with van der Waals surface area (Å²) in [5.41, 5.74) is -1.71. The summed E-state index contributed by atoms with van der Waals surface area (Å²) in [4.78, 5) is 0. The first-order chi connectivity index (χ1) is 25.5. The summed E-state index contributed by atoms with van der Waals surface area (Å²) in [5, 5.41) is 100. The molecule has 4 aliphatic carbocycles. The highest BCUT2D eigenvalue weighted by Gasteiger charge is 2.73. The molecule has 0 aromatic heterocycles. The van der Waals surface area contributed by atoms with Gasteiger partial charge in [-0.15, -0.1) is 0 Å². The lowest BCUT2D eigenvalue weighted by Gasteiger charge is -2.72. The van der Waals surface area contributed by atoms with Gasteiger partial charge in [-0.2, -0.15) is 0 Å². The SMILES string of the molecule is CC(C)=CCC[C@@](C)(O)[C@H]1CC[C@]2(C)C1[C@H](O)C[C@@H]1[C@@]3(C)CC[C@H](O)C(C)(C)[C@@H]3[C@@H](O[C@@H]3O[C@H](CO)[C@@H](O)[C@H](O)[C@H]3O[C@@H]3O[C@@H](C)[C@H](O)[C@@H](O)[C@H]3O)C[C@]12C. The lowest BCUT2D eigenvalue weighted by atomic mass is 9.34. The molecule has 55 heavy (non-hydrogen) atoms. The number of ether oxygens (including phenoxy) is 4. The Balaban J connectivity index is 1.38. The molecule has 1 unspecified atom stereocenters.